The van der Waals surface area contributed by atoms with E-state index in [9.17, 15) is 9.00 Å². The molecule has 0 aliphatic carbocycles. The van der Waals surface area contributed by atoms with Crippen LogP contribution in [-0.4, -0.2) is 34.9 Å². The van der Waals surface area contributed by atoms with Gasteiger partial charge in [0, 0.05) is 23.0 Å². The van der Waals surface area contributed by atoms with Crippen molar-refractivity contribution in [3.63, 3.8) is 0 Å². The highest BCUT2D eigenvalue weighted by Gasteiger charge is 2.22. The number of hydrogen-bond acceptors (Lipinski definition) is 5. The van der Waals surface area contributed by atoms with Gasteiger partial charge in [0.2, 0.25) is 5.91 Å². The van der Waals surface area contributed by atoms with Crippen LogP contribution in [0, 0.1) is 13.8 Å². The van der Waals surface area contributed by atoms with Crippen LogP contribution in [0.25, 0.3) is 0 Å². The number of aryl methyl sites for hydroxylation is 1. The molecular formula is C25H28ClN3O3S2. The van der Waals surface area contributed by atoms with Crippen molar-refractivity contribution in [2.75, 3.05) is 24.0 Å². The van der Waals surface area contributed by atoms with Crippen molar-refractivity contribution < 1.29 is 14.1 Å². The molecule has 1 amide bonds. The van der Waals surface area contributed by atoms with Gasteiger partial charge in [-0.2, -0.15) is 0 Å². The molecule has 0 aliphatic heterocycles. The number of hydrogen-bond donors (Lipinski definition) is 3. The Morgan fingerprint density at radius 1 is 1.09 bits per heavy atom. The van der Waals surface area contributed by atoms with Crippen molar-refractivity contribution >= 4 is 46.1 Å². The van der Waals surface area contributed by atoms with Crippen molar-refractivity contribution in [2.24, 2.45) is 0 Å². The first-order valence-electron chi connectivity index (χ1n) is 10.8. The summed E-state index contributed by atoms with van der Waals surface area (Å²) >= 11 is 7.74. The third-order valence-electron chi connectivity index (χ3n) is 5.01. The van der Waals surface area contributed by atoms with Crippen LogP contribution in [0.15, 0.2) is 76.5 Å². The Balaban J connectivity index is 1.74. The van der Waals surface area contributed by atoms with E-state index in [1.54, 1.807) is 16.4 Å². The summed E-state index contributed by atoms with van der Waals surface area (Å²) in [6, 6.07) is 20.6. The minimum atomic E-state index is -1.59. The Morgan fingerprint density at radius 2 is 1.82 bits per heavy atom. The summed E-state index contributed by atoms with van der Waals surface area (Å²) < 4.78 is 18.1. The van der Waals surface area contributed by atoms with Crippen molar-refractivity contribution in [3.05, 3.63) is 88.4 Å². The monoisotopic (exact) mass is 517 g/mol. The average molecular weight is 518 g/mol. The number of nitrogens with one attached hydrogen (secondary N) is 2. The van der Waals surface area contributed by atoms with Gasteiger partial charge in [0.05, 0.1) is 17.2 Å². The van der Waals surface area contributed by atoms with Crippen molar-refractivity contribution in [1.29, 1.82) is 0 Å². The Bertz CT molecular complexity index is 1140. The van der Waals surface area contributed by atoms with Gasteiger partial charge in [0.1, 0.15) is 6.54 Å². The molecule has 3 aromatic rings. The number of halogens is 1. The molecule has 0 spiro atoms. The molecule has 1 atom stereocenters. The first-order valence-corrected chi connectivity index (χ1v) is 13.1. The number of benzene rings is 3. The Morgan fingerprint density at radius 3 is 2.56 bits per heavy atom. The van der Waals surface area contributed by atoms with Crippen LogP contribution in [0.4, 0.5) is 5.69 Å². The van der Waals surface area contributed by atoms with Gasteiger partial charge in [-0.1, -0.05) is 47.5 Å². The minimum Gasteiger partial charge on any atom is -0.395 e. The Labute approximate surface area is 212 Å². The second-order valence-corrected chi connectivity index (χ2v) is 10.4. The lowest BCUT2D eigenvalue weighted by Crippen LogP contribution is -2.38. The molecule has 0 radical (unpaired) electrons. The van der Waals surface area contributed by atoms with Crippen LogP contribution < -0.4 is 14.3 Å². The van der Waals surface area contributed by atoms with E-state index in [-0.39, 0.29) is 19.1 Å². The van der Waals surface area contributed by atoms with E-state index in [1.165, 1.54) is 11.9 Å². The number of aliphatic hydroxyl groups excluding tert-OH is 1. The van der Waals surface area contributed by atoms with Crippen LogP contribution in [0.2, 0.25) is 5.02 Å². The van der Waals surface area contributed by atoms with Crippen LogP contribution >= 0.6 is 23.5 Å². The molecule has 34 heavy (non-hydrogen) atoms. The fraction of sp³-hybridized carbons (Fsp3) is 0.240. The summed E-state index contributed by atoms with van der Waals surface area (Å²) in [4.78, 5) is 14.5. The molecule has 0 aliphatic rings. The number of nitrogens with zero attached hydrogens (tertiary/aromatic N) is 1. The highest BCUT2D eigenvalue weighted by atomic mass is 35.5. The fourth-order valence-corrected chi connectivity index (χ4v) is 5.29. The smallest absolute Gasteiger partial charge is 0.240 e. The van der Waals surface area contributed by atoms with E-state index < -0.39 is 11.0 Å². The molecule has 6 nitrogen and oxygen atoms in total. The quantitative estimate of drug-likeness (QED) is 0.259. The topological polar surface area (TPSA) is 81.7 Å². The third-order valence-corrected chi connectivity index (χ3v) is 7.66. The van der Waals surface area contributed by atoms with Gasteiger partial charge in [-0.15, -0.1) is 0 Å². The molecule has 180 valence electrons. The summed E-state index contributed by atoms with van der Waals surface area (Å²) in [5.41, 5.74) is 3.41. The van der Waals surface area contributed by atoms with Crippen molar-refractivity contribution in [1.82, 2.24) is 10.0 Å². The molecule has 3 N–H and O–H groups in total. The van der Waals surface area contributed by atoms with Gasteiger partial charge >= 0.3 is 0 Å². The fourth-order valence-electron chi connectivity index (χ4n) is 3.17. The van der Waals surface area contributed by atoms with E-state index in [0.717, 1.165) is 21.6 Å². The Hall–Kier alpha value is -2.36. The lowest BCUT2D eigenvalue weighted by atomic mass is 10.2. The van der Waals surface area contributed by atoms with Gasteiger partial charge in [-0.05, 0) is 73.3 Å². The molecule has 9 heteroatoms. The highest BCUT2D eigenvalue weighted by Crippen LogP contribution is 2.29. The molecule has 3 aromatic carbocycles. The maximum absolute atomic E-state index is 13.5. The minimum absolute atomic E-state index is 0.0648. The number of aliphatic hydroxyl groups is 1. The molecule has 3 rings (SSSR count). The predicted molar refractivity (Wildman–Crippen MR) is 140 cm³/mol. The largest absolute Gasteiger partial charge is 0.395 e. The van der Waals surface area contributed by atoms with Gasteiger partial charge in [-0.3, -0.25) is 13.8 Å². The van der Waals surface area contributed by atoms with E-state index in [4.69, 9.17) is 16.7 Å². The number of rotatable bonds is 11. The van der Waals surface area contributed by atoms with Crippen molar-refractivity contribution in [3.8, 4) is 0 Å². The molecular weight excluding hydrogens is 490 g/mol. The second kappa shape index (κ2) is 12.9. The highest BCUT2D eigenvalue weighted by molar-refractivity contribution is 7.97. The Kier molecular flexibility index (Phi) is 9.98. The van der Waals surface area contributed by atoms with Crippen LogP contribution in [0.1, 0.15) is 16.7 Å². The number of carbonyl (C=O) groups is 1. The average Bonchev–Trinajstić information content (AvgIpc) is 2.84. The SMILES string of the molecule is Cc1ccc(S(=O)N(CC(=O)NCc2cccc(SNCCO)c2)c2cccc(Cl)c2C)cc1. The summed E-state index contributed by atoms with van der Waals surface area (Å²) in [6.45, 7) is 4.62. The molecule has 0 saturated carbocycles. The zero-order valence-electron chi connectivity index (χ0n) is 19.1. The van der Waals surface area contributed by atoms with Crippen molar-refractivity contribution in [2.45, 2.75) is 30.2 Å². The molecule has 1 unspecified atom stereocenters. The predicted octanol–water partition coefficient (Wildman–Crippen LogP) is 4.39. The van der Waals surface area contributed by atoms with Gasteiger partial charge in [0.25, 0.3) is 0 Å². The number of anilines is 1. The maximum atomic E-state index is 13.5. The van der Waals surface area contributed by atoms with Crippen LogP contribution in [0.5, 0.6) is 0 Å². The van der Waals surface area contributed by atoms with Gasteiger partial charge < -0.3 is 10.4 Å². The first kappa shape index (κ1) is 26.2. The standard InChI is InChI=1S/C25H28ClN3O3S2/c1-18-9-11-22(12-10-18)34(32)29(24-8-4-7-23(26)19(24)2)17-25(31)27-16-20-5-3-6-21(15-20)33-28-13-14-30/h3-12,15,28,30H,13-14,16-17H2,1-2H3,(H,27,31). The van der Waals surface area contributed by atoms with Crippen LogP contribution in [-0.2, 0) is 22.3 Å². The van der Waals surface area contributed by atoms with E-state index in [1.807, 2.05) is 68.4 Å². The number of amides is 1. The molecule has 0 aromatic heterocycles. The summed E-state index contributed by atoms with van der Waals surface area (Å²) in [6.07, 6.45) is 0. The normalized spacial score (nSPS) is 11.8. The van der Waals surface area contributed by atoms with E-state index in [2.05, 4.69) is 10.0 Å². The zero-order valence-corrected chi connectivity index (χ0v) is 21.5. The first-order chi connectivity index (χ1) is 16.4. The van der Waals surface area contributed by atoms with E-state index in [0.29, 0.717) is 28.7 Å². The van der Waals surface area contributed by atoms with Gasteiger partial charge in [0.15, 0.2) is 11.0 Å². The zero-order chi connectivity index (χ0) is 24.5. The summed E-state index contributed by atoms with van der Waals surface area (Å²) in [5.74, 6) is -0.253. The lowest BCUT2D eigenvalue weighted by molar-refractivity contribution is -0.119. The third kappa shape index (κ3) is 7.32. The maximum Gasteiger partial charge on any atom is 0.240 e. The number of carbonyl (C=O) groups excluding carboxylic acids is 1. The summed E-state index contributed by atoms with van der Waals surface area (Å²) in [7, 11) is -1.59. The molecule has 0 heterocycles. The van der Waals surface area contributed by atoms with Crippen LogP contribution in [0.3, 0.4) is 0 Å². The molecule has 0 fully saturated rings. The second-order valence-electron chi connectivity index (χ2n) is 7.63. The summed E-state index contributed by atoms with van der Waals surface area (Å²) in [5, 5.41) is 12.4. The lowest BCUT2D eigenvalue weighted by Gasteiger charge is -2.25. The molecule has 0 saturated heterocycles. The molecule has 0 bridgehead atoms. The van der Waals surface area contributed by atoms with Gasteiger partial charge in [-0.25, -0.2) is 4.21 Å². The van der Waals surface area contributed by atoms with E-state index >= 15 is 0 Å².